The van der Waals surface area contributed by atoms with Crippen molar-refractivity contribution >= 4 is 131 Å². The number of rotatable bonds is 6. The van der Waals surface area contributed by atoms with E-state index in [1.54, 1.807) is 11.3 Å². The van der Waals surface area contributed by atoms with Gasteiger partial charge in [-0.05, 0) is 77.5 Å². The highest BCUT2D eigenvalue weighted by Gasteiger charge is 2.22. The summed E-state index contributed by atoms with van der Waals surface area (Å²) in [5.74, 6) is 0.836. The third-order valence-electron chi connectivity index (χ3n) is 12.1. The minimum Gasteiger partial charge on any atom is -0.456 e. The molecule has 0 spiro atoms. The molecule has 0 aliphatic carbocycles. The van der Waals surface area contributed by atoms with Crippen LogP contribution in [0.3, 0.4) is 0 Å². The number of thiophene rings is 1. The van der Waals surface area contributed by atoms with E-state index in [-0.39, 0.29) is 0 Å². The SMILES string of the molecule is c1ccc2c(N(c3ccc4c(c3)oc3ccccc34)c3ccc4c(c3)sc3cc(N(c5ccc6c(c5)oc5ccccc56)c5cccc6ccccc56)ncc34)cccc2c1. The zero-order valence-corrected chi connectivity index (χ0v) is 33.4. The van der Waals surface area contributed by atoms with Crippen LogP contribution in [0.1, 0.15) is 0 Å². The summed E-state index contributed by atoms with van der Waals surface area (Å²) in [4.78, 5) is 9.85. The van der Waals surface area contributed by atoms with Gasteiger partial charge in [0.2, 0.25) is 0 Å². The Hall–Kier alpha value is -7.93. The summed E-state index contributed by atoms with van der Waals surface area (Å²) in [6, 6.07) is 68.7. The lowest BCUT2D eigenvalue weighted by Gasteiger charge is -2.27. The predicted octanol–water partition coefficient (Wildman–Crippen LogP) is 16.5. The van der Waals surface area contributed by atoms with Crippen LogP contribution in [0, 0.1) is 0 Å². The molecule has 13 aromatic rings. The van der Waals surface area contributed by atoms with Gasteiger partial charge in [-0.25, -0.2) is 4.98 Å². The number of furan rings is 2. The van der Waals surface area contributed by atoms with Crippen molar-refractivity contribution in [1.29, 1.82) is 0 Å². The number of para-hydroxylation sites is 2. The van der Waals surface area contributed by atoms with E-state index >= 15 is 0 Å². The molecular formula is C55H33N3O2S. The molecule has 0 N–H and O–H groups in total. The van der Waals surface area contributed by atoms with Crippen LogP contribution in [-0.2, 0) is 0 Å². The lowest BCUT2D eigenvalue weighted by atomic mass is 10.1. The average molecular weight is 800 g/mol. The Morgan fingerprint density at radius 1 is 0.344 bits per heavy atom. The lowest BCUT2D eigenvalue weighted by molar-refractivity contribution is 0.668. The molecule has 286 valence electrons. The standard InChI is InChI=1S/C55H33N3O2S/c1-3-15-39-34(11-1)13-9-19-47(39)57(36-23-26-43-41-17-5-7-21-49(41)59-51(43)29-36)38-25-28-45-46-33-56-55(32-54(46)61-53(45)31-38)58(48-20-10-14-35-12-2-4-16-40(35)48)37-24-27-44-42-18-6-8-22-50(42)60-52(44)30-37/h1-33H. The normalized spacial score (nSPS) is 11.9. The van der Waals surface area contributed by atoms with E-state index in [1.165, 1.54) is 26.2 Å². The number of hydrogen-bond donors (Lipinski definition) is 0. The Kier molecular flexibility index (Phi) is 7.41. The van der Waals surface area contributed by atoms with E-state index in [2.05, 4.69) is 180 Å². The van der Waals surface area contributed by atoms with Crippen molar-refractivity contribution in [1.82, 2.24) is 4.98 Å². The third-order valence-corrected chi connectivity index (χ3v) is 13.2. The number of fused-ring (bicyclic) bond motifs is 11. The number of benzene rings is 9. The number of hydrogen-bond acceptors (Lipinski definition) is 6. The molecule has 0 saturated heterocycles. The van der Waals surface area contributed by atoms with Gasteiger partial charge >= 0.3 is 0 Å². The minimum absolute atomic E-state index is 0.836. The summed E-state index contributed by atoms with van der Waals surface area (Å²) >= 11 is 1.79. The van der Waals surface area contributed by atoms with Gasteiger partial charge in [0.05, 0.1) is 17.1 Å². The monoisotopic (exact) mass is 799 g/mol. The van der Waals surface area contributed by atoms with E-state index in [0.717, 1.165) is 93.6 Å². The number of nitrogens with zero attached hydrogens (tertiary/aromatic N) is 3. The van der Waals surface area contributed by atoms with Crippen LogP contribution in [0.2, 0.25) is 0 Å². The van der Waals surface area contributed by atoms with E-state index in [4.69, 9.17) is 13.8 Å². The largest absolute Gasteiger partial charge is 0.456 e. The summed E-state index contributed by atoms with van der Waals surface area (Å²) in [6.45, 7) is 0. The molecule has 61 heavy (non-hydrogen) atoms. The molecule has 0 bridgehead atoms. The Balaban J connectivity index is 0.981. The molecule has 4 heterocycles. The molecule has 6 heteroatoms. The maximum Gasteiger partial charge on any atom is 0.138 e. The average Bonchev–Trinajstić information content (AvgIpc) is 3.99. The van der Waals surface area contributed by atoms with Crippen LogP contribution in [-0.4, -0.2) is 4.98 Å². The molecule has 0 saturated carbocycles. The van der Waals surface area contributed by atoms with Crippen LogP contribution < -0.4 is 9.80 Å². The molecule has 5 nitrogen and oxygen atoms in total. The summed E-state index contributed by atoms with van der Waals surface area (Å²) in [5, 5.41) is 11.4. The van der Waals surface area contributed by atoms with Crippen molar-refractivity contribution in [2.75, 3.05) is 9.80 Å². The maximum absolute atomic E-state index is 6.42. The Labute approximate surface area is 353 Å². The summed E-state index contributed by atoms with van der Waals surface area (Å²) in [6.07, 6.45) is 2.04. The van der Waals surface area contributed by atoms with E-state index in [0.29, 0.717) is 0 Å². The van der Waals surface area contributed by atoms with Gasteiger partial charge in [0.25, 0.3) is 0 Å². The first-order valence-corrected chi connectivity index (χ1v) is 21.2. The van der Waals surface area contributed by atoms with Crippen LogP contribution in [0.5, 0.6) is 0 Å². The fraction of sp³-hybridized carbons (Fsp3) is 0. The number of pyridine rings is 1. The zero-order chi connectivity index (χ0) is 40.0. The van der Waals surface area contributed by atoms with Gasteiger partial charge in [-0.3, -0.25) is 4.90 Å². The molecule has 9 aromatic carbocycles. The smallest absolute Gasteiger partial charge is 0.138 e. The second kappa shape index (κ2) is 13.3. The third kappa shape index (κ3) is 5.36. The van der Waals surface area contributed by atoms with Crippen molar-refractivity contribution in [2.45, 2.75) is 0 Å². The van der Waals surface area contributed by atoms with Gasteiger partial charge in [-0.2, -0.15) is 0 Å². The van der Waals surface area contributed by atoms with Gasteiger partial charge in [-0.1, -0.05) is 115 Å². The van der Waals surface area contributed by atoms with E-state index < -0.39 is 0 Å². The molecule has 0 radical (unpaired) electrons. The molecule has 0 aliphatic heterocycles. The number of aromatic nitrogens is 1. The Bertz CT molecular complexity index is 3620. The van der Waals surface area contributed by atoms with Crippen LogP contribution in [0.4, 0.5) is 34.3 Å². The first kappa shape index (κ1) is 34.0. The minimum atomic E-state index is 0.836. The summed E-state index contributed by atoms with van der Waals surface area (Å²) < 4.78 is 15.2. The first-order chi connectivity index (χ1) is 30.2. The lowest BCUT2D eigenvalue weighted by Crippen LogP contribution is -2.11. The Morgan fingerprint density at radius 2 is 0.803 bits per heavy atom. The van der Waals surface area contributed by atoms with Gasteiger partial charge in [0, 0.05) is 82.2 Å². The second-order valence-electron chi connectivity index (χ2n) is 15.5. The van der Waals surface area contributed by atoms with Crippen LogP contribution >= 0.6 is 11.3 Å². The van der Waals surface area contributed by atoms with Crippen molar-refractivity contribution in [3.05, 3.63) is 200 Å². The molecule has 4 aromatic heterocycles. The van der Waals surface area contributed by atoms with Crippen LogP contribution in [0.15, 0.2) is 209 Å². The van der Waals surface area contributed by atoms with Crippen molar-refractivity contribution in [2.24, 2.45) is 0 Å². The zero-order valence-electron chi connectivity index (χ0n) is 32.6. The quantitative estimate of drug-likeness (QED) is 0.168. The van der Waals surface area contributed by atoms with Gasteiger partial charge in [0.15, 0.2) is 0 Å². The molecule has 0 unspecified atom stereocenters. The topological polar surface area (TPSA) is 45.7 Å². The van der Waals surface area contributed by atoms with Gasteiger partial charge < -0.3 is 13.7 Å². The van der Waals surface area contributed by atoms with Crippen molar-refractivity contribution in [3.8, 4) is 0 Å². The van der Waals surface area contributed by atoms with Crippen LogP contribution in [0.25, 0.3) is 85.6 Å². The summed E-state index contributed by atoms with van der Waals surface area (Å²) in [5.41, 5.74) is 8.70. The highest BCUT2D eigenvalue weighted by molar-refractivity contribution is 7.25. The number of anilines is 6. The van der Waals surface area contributed by atoms with Gasteiger partial charge in [-0.15, -0.1) is 11.3 Å². The highest BCUT2D eigenvalue weighted by atomic mass is 32.1. The fourth-order valence-corrected chi connectivity index (χ4v) is 10.4. The fourth-order valence-electron chi connectivity index (χ4n) is 9.25. The second-order valence-corrected chi connectivity index (χ2v) is 16.6. The molecule has 0 amide bonds. The van der Waals surface area contributed by atoms with E-state index in [1.807, 2.05) is 30.5 Å². The highest BCUT2D eigenvalue weighted by Crippen LogP contribution is 2.46. The molecule has 0 atom stereocenters. The molecule has 0 aliphatic rings. The van der Waals surface area contributed by atoms with Crippen molar-refractivity contribution < 1.29 is 8.83 Å². The summed E-state index contributed by atoms with van der Waals surface area (Å²) in [7, 11) is 0. The Morgan fingerprint density at radius 3 is 1.43 bits per heavy atom. The molecule has 0 fully saturated rings. The van der Waals surface area contributed by atoms with Crippen molar-refractivity contribution in [3.63, 3.8) is 0 Å². The van der Waals surface area contributed by atoms with E-state index in [9.17, 15) is 0 Å². The maximum atomic E-state index is 6.42. The predicted molar refractivity (Wildman–Crippen MR) is 256 cm³/mol. The molecular weight excluding hydrogens is 767 g/mol. The first-order valence-electron chi connectivity index (χ1n) is 20.4. The van der Waals surface area contributed by atoms with Gasteiger partial charge in [0.1, 0.15) is 28.1 Å². The molecule has 13 rings (SSSR count).